The van der Waals surface area contributed by atoms with E-state index in [1.165, 1.54) is 0 Å². The minimum Gasteiger partial charge on any atom is -0.496 e. The fourth-order valence-electron chi connectivity index (χ4n) is 2.27. The molecule has 1 aromatic rings. The summed E-state index contributed by atoms with van der Waals surface area (Å²) >= 11 is 0. The van der Waals surface area contributed by atoms with Gasteiger partial charge in [-0.2, -0.15) is 0 Å². The maximum atomic E-state index is 10.2. The quantitative estimate of drug-likeness (QED) is 0.836. The van der Waals surface area contributed by atoms with Crippen LogP contribution in [0.5, 0.6) is 11.5 Å². The Morgan fingerprint density at radius 1 is 1.50 bits per heavy atom. The number of rotatable bonds is 3. The molecule has 0 spiro atoms. The first-order valence-corrected chi connectivity index (χ1v) is 6.21. The molecule has 2 rings (SSSR count). The van der Waals surface area contributed by atoms with Gasteiger partial charge in [0.2, 0.25) is 0 Å². The normalized spacial score (nSPS) is 18.8. The predicted octanol–water partition coefficient (Wildman–Crippen LogP) is 3.02. The van der Waals surface area contributed by atoms with Crippen LogP contribution >= 0.6 is 0 Å². The molecule has 1 N–H and O–H groups in total. The van der Waals surface area contributed by atoms with E-state index < -0.39 is 6.10 Å². The van der Waals surface area contributed by atoms with E-state index in [-0.39, 0.29) is 6.10 Å². The second-order valence-corrected chi connectivity index (χ2v) is 5.02. The Kier molecular flexibility index (Phi) is 3.62. The zero-order valence-corrected chi connectivity index (χ0v) is 11.4. The van der Waals surface area contributed by atoms with E-state index in [0.29, 0.717) is 0 Å². The van der Waals surface area contributed by atoms with Crippen molar-refractivity contribution in [2.45, 2.75) is 39.4 Å². The van der Waals surface area contributed by atoms with Gasteiger partial charge in [0.15, 0.2) is 0 Å². The standard InChI is InChI=1S/C15H20O3/c1-9(2)5-13(16)12-8-14-11(6-10(3)18-14)7-15(12)17-4/h5,7-8,10,13,16H,6H2,1-4H3. The van der Waals surface area contributed by atoms with Crippen molar-refractivity contribution in [2.75, 3.05) is 7.11 Å². The SMILES string of the molecule is COc1cc2c(cc1C(O)C=C(C)C)OC(C)C2. The van der Waals surface area contributed by atoms with Gasteiger partial charge in [-0.05, 0) is 32.9 Å². The number of methoxy groups -OCH3 is 1. The molecule has 2 unspecified atom stereocenters. The van der Waals surface area contributed by atoms with Gasteiger partial charge in [-0.15, -0.1) is 0 Å². The number of fused-ring (bicyclic) bond motifs is 1. The molecule has 0 saturated carbocycles. The predicted molar refractivity (Wildman–Crippen MR) is 71.2 cm³/mol. The average molecular weight is 248 g/mol. The second kappa shape index (κ2) is 5.02. The molecule has 0 radical (unpaired) electrons. The number of ether oxygens (including phenoxy) is 2. The highest BCUT2D eigenvalue weighted by atomic mass is 16.5. The second-order valence-electron chi connectivity index (χ2n) is 5.02. The molecule has 98 valence electrons. The molecule has 0 amide bonds. The van der Waals surface area contributed by atoms with E-state index in [4.69, 9.17) is 9.47 Å². The van der Waals surface area contributed by atoms with Crippen molar-refractivity contribution >= 4 is 0 Å². The van der Waals surface area contributed by atoms with E-state index in [9.17, 15) is 5.11 Å². The summed E-state index contributed by atoms with van der Waals surface area (Å²) in [5, 5.41) is 10.2. The molecule has 3 nitrogen and oxygen atoms in total. The molecule has 1 aliphatic rings. The number of hydrogen-bond acceptors (Lipinski definition) is 3. The lowest BCUT2D eigenvalue weighted by molar-refractivity contribution is 0.219. The van der Waals surface area contributed by atoms with Crippen molar-refractivity contribution in [3.63, 3.8) is 0 Å². The van der Waals surface area contributed by atoms with Crippen LogP contribution in [0.4, 0.5) is 0 Å². The number of aliphatic hydroxyl groups is 1. The highest BCUT2D eigenvalue weighted by molar-refractivity contribution is 5.50. The molecule has 1 heterocycles. The molecule has 0 aromatic heterocycles. The smallest absolute Gasteiger partial charge is 0.125 e. The summed E-state index contributed by atoms with van der Waals surface area (Å²) in [6.07, 6.45) is 2.24. The first-order chi connectivity index (χ1) is 8.51. The Hall–Kier alpha value is -1.48. The van der Waals surface area contributed by atoms with E-state index in [1.807, 2.05) is 39.0 Å². The van der Waals surface area contributed by atoms with Crippen LogP contribution in [-0.4, -0.2) is 18.3 Å². The van der Waals surface area contributed by atoms with Gasteiger partial charge in [-0.25, -0.2) is 0 Å². The Bertz CT molecular complexity index is 473. The van der Waals surface area contributed by atoms with Crippen LogP contribution in [0.2, 0.25) is 0 Å². The highest BCUT2D eigenvalue weighted by Crippen LogP contribution is 2.37. The summed E-state index contributed by atoms with van der Waals surface area (Å²) in [6, 6.07) is 3.86. The van der Waals surface area contributed by atoms with Crippen LogP contribution in [0.3, 0.4) is 0 Å². The fraction of sp³-hybridized carbons (Fsp3) is 0.467. The summed E-state index contributed by atoms with van der Waals surface area (Å²) in [6.45, 7) is 5.96. The first-order valence-electron chi connectivity index (χ1n) is 6.21. The third-order valence-electron chi connectivity index (χ3n) is 3.06. The molecule has 0 aliphatic carbocycles. The van der Waals surface area contributed by atoms with Gasteiger partial charge >= 0.3 is 0 Å². The van der Waals surface area contributed by atoms with Crippen molar-refractivity contribution in [2.24, 2.45) is 0 Å². The molecule has 0 bridgehead atoms. The molecular formula is C15H20O3. The van der Waals surface area contributed by atoms with Crippen LogP contribution in [0.1, 0.15) is 38.0 Å². The van der Waals surface area contributed by atoms with E-state index >= 15 is 0 Å². The Morgan fingerprint density at radius 2 is 2.22 bits per heavy atom. The summed E-state index contributed by atoms with van der Waals surface area (Å²) < 4.78 is 11.1. The van der Waals surface area contributed by atoms with Gasteiger partial charge < -0.3 is 14.6 Å². The maximum Gasteiger partial charge on any atom is 0.125 e. The van der Waals surface area contributed by atoms with Crippen LogP contribution in [-0.2, 0) is 6.42 Å². The van der Waals surface area contributed by atoms with E-state index in [1.54, 1.807) is 7.11 Å². The zero-order valence-electron chi connectivity index (χ0n) is 11.4. The Labute approximate surface area is 108 Å². The fourth-order valence-corrected chi connectivity index (χ4v) is 2.27. The van der Waals surface area contributed by atoms with Gasteiger partial charge in [0.25, 0.3) is 0 Å². The van der Waals surface area contributed by atoms with Crippen molar-refractivity contribution in [1.82, 2.24) is 0 Å². The number of benzene rings is 1. The topological polar surface area (TPSA) is 38.7 Å². The van der Waals surface area contributed by atoms with E-state index in [0.717, 1.165) is 34.6 Å². The summed E-state index contributed by atoms with van der Waals surface area (Å²) in [5.41, 5.74) is 2.97. The minimum absolute atomic E-state index is 0.195. The van der Waals surface area contributed by atoms with Gasteiger partial charge in [0, 0.05) is 17.5 Å². The van der Waals surface area contributed by atoms with Crippen LogP contribution in [0, 0.1) is 0 Å². The average Bonchev–Trinajstić information content (AvgIpc) is 2.65. The molecule has 18 heavy (non-hydrogen) atoms. The van der Waals surface area contributed by atoms with E-state index in [2.05, 4.69) is 0 Å². The van der Waals surface area contributed by atoms with Gasteiger partial charge in [0.05, 0.1) is 7.11 Å². The molecule has 3 heteroatoms. The molecule has 1 aliphatic heterocycles. The molecular weight excluding hydrogens is 228 g/mol. The van der Waals surface area contributed by atoms with Crippen molar-refractivity contribution in [1.29, 1.82) is 0 Å². The number of aliphatic hydroxyl groups excluding tert-OH is 1. The minimum atomic E-state index is -0.658. The first kappa shape index (κ1) is 13.0. The lowest BCUT2D eigenvalue weighted by Gasteiger charge is -2.14. The third-order valence-corrected chi connectivity index (χ3v) is 3.06. The van der Waals surface area contributed by atoms with Crippen molar-refractivity contribution in [3.05, 3.63) is 34.9 Å². The van der Waals surface area contributed by atoms with Crippen LogP contribution in [0.25, 0.3) is 0 Å². The lowest BCUT2D eigenvalue weighted by atomic mass is 10.0. The van der Waals surface area contributed by atoms with Crippen LogP contribution in [0.15, 0.2) is 23.8 Å². The highest BCUT2D eigenvalue weighted by Gasteiger charge is 2.23. The van der Waals surface area contributed by atoms with Crippen molar-refractivity contribution < 1.29 is 14.6 Å². The maximum absolute atomic E-state index is 10.2. The number of hydrogen-bond donors (Lipinski definition) is 1. The molecule has 0 saturated heterocycles. The van der Waals surface area contributed by atoms with Gasteiger partial charge in [0.1, 0.15) is 23.7 Å². The third kappa shape index (κ3) is 2.51. The summed E-state index contributed by atoms with van der Waals surface area (Å²) in [7, 11) is 1.62. The van der Waals surface area contributed by atoms with Gasteiger partial charge in [-0.3, -0.25) is 0 Å². The number of allylic oxidation sites excluding steroid dienone is 1. The molecule has 0 fully saturated rings. The lowest BCUT2D eigenvalue weighted by Crippen LogP contribution is -2.05. The summed E-state index contributed by atoms with van der Waals surface area (Å²) in [5.74, 6) is 1.58. The largest absolute Gasteiger partial charge is 0.496 e. The monoisotopic (exact) mass is 248 g/mol. The molecule has 2 atom stereocenters. The van der Waals surface area contributed by atoms with Crippen LogP contribution < -0.4 is 9.47 Å². The Balaban J connectivity index is 2.41. The van der Waals surface area contributed by atoms with Crippen molar-refractivity contribution in [3.8, 4) is 11.5 Å². The Morgan fingerprint density at radius 3 is 2.83 bits per heavy atom. The van der Waals surface area contributed by atoms with Gasteiger partial charge in [-0.1, -0.05) is 11.6 Å². The summed E-state index contributed by atoms with van der Waals surface area (Å²) in [4.78, 5) is 0. The molecule has 1 aromatic carbocycles. The zero-order chi connectivity index (χ0) is 13.3.